The zero-order valence-corrected chi connectivity index (χ0v) is 13.7. The lowest BCUT2D eigenvalue weighted by atomic mass is 10.1. The summed E-state index contributed by atoms with van der Waals surface area (Å²) in [4.78, 5) is 23.8. The molecule has 25 heavy (non-hydrogen) atoms. The molecule has 2 rings (SSSR count). The van der Waals surface area contributed by atoms with Crippen LogP contribution in [0.15, 0.2) is 42.5 Å². The summed E-state index contributed by atoms with van der Waals surface area (Å²) >= 11 is 0. The Balaban J connectivity index is 1.96. The lowest BCUT2D eigenvalue weighted by Gasteiger charge is -2.11. The van der Waals surface area contributed by atoms with Crippen molar-refractivity contribution < 1.29 is 22.8 Å². The summed E-state index contributed by atoms with van der Waals surface area (Å²) in [6, 6.07) is 9.51. The van der Waals surface area contributed by atoms with Crippen molar-refractivity contribution >= 4 is 17.5 Å². The van der Waals surface area contributed by atoms with E-state index < -0.39 is 23.6 Å². The first-order valence-electron chi connectivity index (χ1n) is 7.49. The van der Waals surface area contributed by atoms with Gasteiger partial charge in [0, 0.05) is 11.3 Å². The third-order valence-corrected chi connectivity index (χ3v) is 3.52. The highest BCUT2D eigenvalue weighted by Gasteiger charge is 2.30. The minimum absolute atomic E-state index is 0.158. The van der Waals surface area contributed by atoms with Gasteiger partial charge in [0.05, 0.1) is 12.1 Å². The summed E-state index contributed by atoms with van der Waals surface area (Å²) < 4.78 is 38.0. The summed E-state index contributed by atoms with van der Waals surface area (Å²) in [5.74, 6) is -1.21. The van der Waals surface area contributed by atoms with Gasteiger partial charge in [-0.15, -0.1) is 0 Å². The summed E-state index contributed by atoms with van der Waals surface area (Å²) in [6.45, 7) is 3.42. The molecule has 0 saturated carbocycles. The van der Waals surface area contributed by atoms with Crippen molar-refractivity contribution in [2.75, 3.05) is 11.9 Å². The Labute approximate surface area is 143 Å². The van der Waals surface area contributed by atoms with Crippen LogP contribution in [-0.4, -0.2) is 18.4 Å². The molecule has 0 bridgehead atoms. The lowest BCUT2D eigenvalue weighted by molar-refractivity contribution is -0.137. The summed E-state index contributed by atoms with van der Waals surface area (Å²) in [6.07, 6.45) is -4.53. The molecule has 2 aromatic rings. The van der Waals surface area contributed by atoms with Crippen molar-refractivity contribution in [2.45, 2.75) is 20.0 Å². The van der Waals surface area contributed by atoms with E-state index in [1.54, 1.807) is 6.07 Å². The van der Waals surface area contributed by atoms with Crippen LogP contribution in [0.2, 0.25) is 0 Å². The minimum atomic E-state index is -4.53. The van der Waals surface area contributed by atoms with Gasteiger partial charge in [-0.05, 0) is 43.7 Å². The van der Waals surface area contributed by atoms with E-state index in [2.05, 4.69) is 10.6 Å². The van der Waals surface area contributed by atoms with Gasteiger partial charge in [0.1, 0.15) is 0 Å². The molecule has 7 heteroatoms. The van der Waals surface area contributed by atoms with Gasteiger partial charge in [0.25, 0.3) is 5.91 Å². The number of benzene rings is 2. The van der Waals surface area contributed by atoms with Crippen LogP contribution in [0.4, 0.5) is 18.9 Å². The molecule has 0 aliphatic rings. The van der Waals surface area contributed by atoms with Crippen molar-refractivity contribution in [1.29, 1.82) is 0 Å². The first-order valence-corrected chi connectivity index (χ1v) is 7.49. The van der Waals surface area contributed by atoms with Gasteiger partial charge < -0.3 is 10.6 Å². The van der Waals surface area contributed by atoms with Gasteiger partial charge in [0.15, 0.2) is 0 Å². The van der Waals surface area contributed by atoms with Gasteiger partial charge >= 0.3 is 6.18 Å². The molecule has 132 valence electrons. The monoisotopic (exact) mass is 350 g/mol. The molecule has 0 aromatic heterocycles. The van der Waals surface area contributed by atoms with E-state index in [1.165, 1.54) is 6.07 Å². The maximum atomic E-state index is 12.7. The number of nitrogens with one attached hydrogen (secondary N) is 2. The Morgan fingerprint density at radius 3 is 2.40 bits per heavy atom. The molecule has 0 spiro atoms. The number of carbonyl (C=O) groups excluding carboxylic acids is 2. The number of rotatable bonds is 4. The molecule has 0 radical (unpaired) electrons. The number of halogens is 3. The van der Waals surface area contributed by atoms with Crippen LogP contribution in [0.1, 0.15) is 27.0 Å². The van der Waals surface area contributed by atoms with E-state index >= 15 is 0 Å². The van der Waals surface area contributed by atoms with E-state index in [0.717, 1.165) is 29.3 Å². The molecular weight excluding hydrogens is 333 g/mol. The fraction of sp³-hybridized carbons (Fsp3) is 0.222. The quantitative estimate of drug-likeness (QED) is 0.884. The Bertz CT molecular complexity index is 801. The van der Waals surface area contributed by atoms with Gasteiger partial charge in [0.2, 0.25) is 5.91 Å². The molecule has 2 amide bonds. The SMILES string of the molecule is Cc1ccc(NC(=O)CNC(=O)c2cccc(C(F)(F)F)c2)c(C)c1. The molecular formula is C18H17F3N2O2. The van der Waals surface area contributed by atoms with Crippen LogP contribution in [0, 0.1) is 13.8 Å². The van der Waals surface area contributed by atoms with Crippen LogP contribution >= 0.6 is 0 Å². The first kappa shape index (κ1) is 18.5. The summed E-state index contributed by atoms with van der Waals surface area (Å²) in [7, 11) is 0. The van der Waals surface area contributed by atoms with Gasteiger partial charge in [-0.25, -0.2) is 0 Å². The topological polar surface area (TPSA) is 58.2 Å². The minimum Gasteiger partial charge on any atom is -0.343 e. The van der Waals surface area contributed by atoms with Crippen molar-refractivity contribution in [3.63, 3.8) is 0 Å². The van der Waals surface area contributed by atoms with E-state index in [4.69, 9.17) is 0 Å². The van der Waals surface area contributed by atoms with Crippen LogP contribution < -0.4 is 10.6 Å². The van der Waals surface area contributed by atoms with Crippen LogP contribution in [0.5, 0.6) is 0 Å². The number of anilines is 1. The molecule has 2 N–H and O–H groups in total. The Kier molecular flexibility index (Phi) is 5.46. The third-order valence-electron chi connectivity index (χ3n) is 3.52. The van der Waals surface area contributed by atoms with E-state index in [-0.39, 0.29) is 12.1 Å². The number of carbonyl (C=O) groups is 2. The number of hydrogen-bond donors (Lipinski definition) is 2. The largest absolute Gasteiger partial charge is 0.416 e. The average molecular weight is 350 g/mol. The fourth-order valence-electron chi connectivity index (χ4n) is 2.25. The van der Waals surface area contributed by atoms with Crippen molar-refractivity contribution in [2.24, 2.45) is 0 Å². The Morgan fingerprint density at radius 1 is 1.04 bits per heavy atom. The molecule has 0 unspecified atom stereocenters. The maximum Gasteiger partial charge on any atom is 0.416 e. The summed E-state index contributed by atoms with van der Waals surface area (Å²) in [5, 5.41) is 4.96. The fourth-order valence-corrected chi connectivity index (χ4v) is 2.25. The van der Waals surface area contributed by atoms with E-state index in [0.29, 0.717) is 5.69 Å². The Morgan fingerprint density at radius 2 is 1.76 bits per heavy atom. The zero-order chi connectivity index (χ0) is 18.6. The molecule has 0 atom stereocenters. The lowest BCUT2D eigenvalue weighted by Crippen LogP contribution is -2.33. The number of alkyl halides is 3. The Hall–Kier alpha value is -2.83. The number of aryl methyl sites for hydroxylation is 2. The first-order chi connectivity index (χ1) is 11.7. The number of amides is 2. The predicted octanol–water partition coefficient (Wildman–Crippen LogP) is 3.69. The molecule has 2 aromatic carbocycles. The van der Waals surface area contributed by atoms with E-state index in [1.807, 2.05) is 26.0 Å². The highest BCUT2D eigenvalue weighted by atomic mass is 19.4. The standard InChI is InChI=1S/C18H17F3N2O2/c1-11-6-7-15(12(2)8-11)23-16(24)10-22-17(25)13-4-3-5-14(9-13)18(19,20)21/h3-9H,10H2,1-2H3,(H,22,25)(H,23,24). The molecule has 0 aliphatic heterocycles. The van der Waals surface area contributed by atoms with Gasteiger partial charge in [-0.1, -0.05) is 23.8 Å². The van der Waals surface area contributed by atoms with E-state index in [9.17, 15) is 22.8 Å². The predicted molar refractivity (Wildman–Crippen MR) is 88.3 cm³/mol. The van der Waals surface area contributed by atoms with Crippen LogP contribution in [-0.2, 0) is 11.0 Å². The van der Waals surface area contributed by atoms with Crippen molar-refractivity contribution in [3.05, 3.63) is 64.7 Å². The maximum absolute atomic E-state index is 12.7. The van der Waals surface area contributed by atoms with Crippen LogP contribution in [0.3, 0.4) is 0 Å². The molecule has 4 nitrogen and oxygen atoms in total. The third kappa shape index (κ3) is 5.07. The van der Waals surface area contributed by atoms with Crippen molar-refractivity contribution in [3.8, 4) is 0 Å². The second-order valence-corrected chi connectivity index (χ2v) is 5.63. The second-order valence-electron chi connectivity index (χ2n) is 5.63. The normalized spacial score (nSPS) is 11.1. The smallest absolute Gasteiger partial charge is 0.343 e. The average Bonchev–Trinajstić information content (AvgIpc) is 2.54. The van der Waals surface area contributed by atoms with Gasteiger partial charge in [-0.2, -0.15) is 13.2 Å². The van der Waals surface area contributed by atoms with Crippen LogP contribution in [0.25, 0.3) is 0 Å². The molecule has 0 aliphatic carbocycles. The molecule has 0 heterocycles. The number of hydrogen-bond acceptors (Lipinski definition) is 2. The van der Waals surface area contributed by atoms with Gasteiger partial charge in [-0.3, -0.25) is 9.59 Å². The highest BCUT2D eigenvalue weighted by Crippen LogP contribution is 2.29. The molecule has 0 saturated heterocycles. The second kappa shape index (κ2) is 7.38. The summed E-state index contributed by atoms with van der Waals surface area (Å²) in [5.41, 5.74) is 1.46. The zero-order valence-electron chi connectivity index (χ0n) is 13.7. The molecule has 0 fully saturated rings. The highest BCUT2D eigenvalue weighted by molar-refractivity contribution is 5.99. The van der Waals surface area contributed by atoms with Crippen molar-refractivity contribution in [1.82, 2.24) is 5.32 Å².